The zero-order chi connectivity index (χ0) is 13.7. The Morgan fingerprint density at radius 2 is 2.26 bits per heavy atom. The van der Waals surface area contributed by atoms with Crippen LogP contribution in [-0.2, 0) is 13.1 Å². The van der Waals surface area contributed by atoms with Crippen LogP contribution in [0.4, 0.5) is 5.69 Å². The van der Waals surface area contributed by atoms with Gasteiger partial charge in [0.1, 0.15) is 5.02 Å². The molecule has 2 rings (SSSR count). The van der Waals surface area contributed by atoms with E-state index in [9.17, 15) is 4.79 Å². The molecule has 0 radical (unpaired) electrons. The monoisotopic (exact) mass is 280 g/mol. The number of aliphatic hydroxyl groups excluding tert-OH is 1. The lowest BCUT2D eigenvalue weighted by atomic mass is 10.3. The molecular formula is C12H13ClN4O2. The van der Waals surface area contributed by atoms with Crippen LogP contribution in [0.5, 0.6) is 0 Å². The Morgan fingerprint density at radius 3 is 2.95 bits per heavy atom. The molecule has 0 aliphatic rings. The fourth-order valence-corrected chi connectivity index (χ4v) is 1.76. The average molecular weight is 281 g/mol. The Balaban J connectivity index is 2.13. The molecule has 0 aliphatic carbocycles. The number of rotatable bonds is 5. The van der Waals surface area contributed by atoms with Crippen LogP contribution in [0.25, 0.3) is 0 Å². The van der Waals surface area contributed by atoms with E-state index in [1.54, 1.807) is 12.4 Å². The Bertz CT molecular complexity index is 600. The molecule has 2 aromatic heterocycles. The van der Waals surface area contributed by atoms with Gasteiger partial charge >= 0.3 is 0 Å². The molecule has 2 aromatic rings. The lowest BCUT2D eigenvalue weighted by Gasteiger charge is -2.09. The lowest BCUT2D eigenvalue weighted by Crippen LogP contribution is -2.25. The smallest absolute Gasteiger partial charge is 0.287 e. The lowest BCUT2D eigenvalue weighted by molar-refractivity contribution is 0.266. The minimum Gasteiger partial charge on any atom is -0.394 e. The summed E-state index contributed by atoms with van der Waals surface area (Å²) in [6.07, 6.45) is 4.88. The van der Waals surface area contributed by atoms with Gasteiger partial charge in [0.25, 0.3) is 5.56 Å². The van der Waals surface area contributed by atoms with Gasteiger partial charge in [-0.2, -0.15) is 5.10 Å². The fourth-order valence-electron chi connectivity index (χ4n) is 1.54. The minimum atomic E-state index is -0.424. The number of pyridine rings is 1. The van der Waals surface area contributed by atoms with E-state index >= 15 is 0 Å². The van der Waals surface area contributed by atoms with Crippen molar-refractivity contribution >= 4 is 17.3 Å². The van der Waals surface area contributed by atoms with E-state index in [1.165, 1.54) is 6.20 Å². The van der Waals surface area contributed by atoms with Gasteiger partial charge in [-0.15, -0.1) is 0 Å². The number of halogens is 1. The molecule has 0 amide bonds. The number of hydrogen-bond acceptors (Lipinski definition) is 5. The molecule has 19 heavy (non-hydrogen) atoms. The Morgan fingerprint density at radius 1 is 1.42 bits per heavy atom. The van der Waals surface area contributed by atoms with Crippen molar-refractivity contribution in [1.82, 2.24) is 14.8 Å². The first-order valence-corrected chi connectivity index (χ1v) is 6.09. The zero-order valence-electron chi connectivity index (χ0n) is 10.1. The molecule has 0 saturated carbocycles. The molecule has 0 unspecified atom stereocenters. The molecule has 7 heteroatoms. The van der Waals surface area contributed by atoms with Crippen molar-refractivity contribution in [1.29, 1.82) is 0 Å². The van der Waals surface area contributed by atoms with Crippen LogP contribution in [0, 0.1) is 0 Å². The average Bonchev–Trinajstić information content (AvgIpc) is 2.44. The van der Waals surface area contributed by atoms with Gasteiger partial charge in [-0.05, 0) is 11.6 Å². The van der Waals surface area contributed by atoms with Crippen molar-refractivity contribution in [2.45, 2.75) is 13.1 Å². The highest BCUT2D eigenvalue weighted by molar-refractivity contribution is 6.32. The van der Waals surface area contributed by atoms with Crippen LogP contribution in [-0.4, -0.2) is 26.5 Å². The van der Waals surface area contributed by atoms with Crippen molar-refractivity contribution in [3.05, 3.63) is 51.7 Å². The topological polar surface area (TPSA) is 80.0 Å². The molecule has 0 spiro atoms. The van der Waals surface area contributed by atoms with Gasteiger partial charge in [-0.3, -0.25) is 9.78 Å². The maximum atomic E-state index is 11.8. The highest BCUT2D eigenvalue weighted by Gasteiger charge is 2.08. The van der Waals surface area contributed by atoms with E-state index in [1.807, 2.05) is 12.1 Å². The Kier molecular flexibility index (Phi) is 4.48. The predicted molar refractivity (Wildman–Crippen MR) is 72.2 cm³/mol. The first-order valence-electron chi connectivity index (χ1n) is 5.71. The summed E-state index contributed by atoms with van der Waals surface area (Å²) >= 11 is 5.97. The summed E-state index contributed by atoms with van der Waals surface area (Å²) in [4.78, 5) is 15.8. The number of hydrogen-bond donors (Lipinski definition) is 2. The minimum absolute atomic E-state index is 0.0624. The summed E-state index contributed by atoms with van der Waals surface area (Å²) in [6.45, 7) is 0.464. The molecule has 0 aliphatic heterocycles. The largest absolute Gasteiger partial charge is 0.394 e. The first-order chi connectivity index (χ1) is 9.22. The van der Waals surface area contributed by atoms with Gasteiger partial charge in [0.05, 0.1) is 25.0 Å². The maximum absolute atomic E-state index is 11.8. The van der Waals surface area contributed by atoms with Crippen molar-refractivity contribution < 1.29 is 5.11 Å². The highest BCUT2D eigenvalue weighted by Crippen LogP contribution is 2.16. The second kappa shape index (κ2) is 6.31. The van der Waals surface area contributed by atoms with Crippen molar-refractivity contribution in [2.24, 2.45) is 0 Å². The summed E-state index contributed by atoms with van der Waals surface area (Å²) in [5, 5.41) is 15.8. The summed E-state index contributed by atoms with van der Waals surface area (Å²) in [6, 6.07) is 3.74. The van der Waals surface area contributed by atoms with Gasteiger partial charge in [-0.1, -0.05) is 17.7 Å². The molecule has 6 nitrogen and oxygen atoms in total. The number of anilines is 1. The quantitative estimate of drug-likeness (QED) is 0.850. The van der Waals surface area contributed by atoms with Gasteiger partial charge in [0.2, 0.25) is 0 Å². The maximum Gasteiger partial charge on any atom is 0.287 e. The molecule has 0 fully saturated rings. The molecule has 0 saturated heterocycles. The number of aromatic nitrogens is 3. The SMILES string of the molecule is O=c1c(Cl)c(NCc2cccnc2)cnn1CCO. The third-order valence-corrected chi connectivity index (χ3v) is 2.87. The highest BCUT2D eigenvalue weighted by atomic mass is 35.5. The van der Waals surface area contributed by atoms with Crippen LogP contribution >= 0.6 is 11.6 Å². The molecule has 0 atom stereocenters. The molecular weight excluding hydrogens is 268 g/mol. The van der Waals surface area contributed by atoms with Crippen molar-refractivity contribution in [2.75, 3.05) is 11.9 Å². The van der Waals surface area contributed by atoms with E-state index in [4.69, 9.17) is 16.7 Å². The van der Waals surface area contributed by atoms with Gasteiger partial charge in [0, 0.05) is 18.9 Å². The molecule has 2 N–H and O–H groups in total. The molecule has 2 heterocycles. The molecule has 100 valence electrons. The normalized spacial score (nSPS) is 10.4. The summed E-state index contributed by atoms with van der Waals surface area (Å²) in [7, 11) is 0. The first kappa shape index (κ1) is 13.5. The van der Waals surface area contributed by atoms with E-state index in [0.717, 1.165) is 10.2 Å². The van der Waals surface area contributed by atoms with Crippen molar-refractivity contribution in [3.63, 3.8) is 0 Å². The third-order valence-electron chi connectivity index (χ3n) is 2.50. The van der Waals surface area contributed by atoms with Crippen LogP contribution < -0.4 is 10.9 Å². The third kappa shape index (κ3) is 3.30. The Hall–Kier alpha value is -1.92. The van der Waals surface area contributed by atoms with Crippen LogP contribution in [0.3, 0.4) is 0 Å². The zero-order valence-corrected chi connectivity index (χ0v) is 10.8. The fraction of sp³-hybridized carbons (Fsp3) is 0.250. The van der Waals surface area contributed by atoms with E-state index < -0.39 is 5.56 Å². The second-order valence-corrected chi connectivity index (χ2v) is 4.22. The summed E-state index contributed by atoms with van der Waals surface area (Å²) < 4.78 is 1.12. The summed E-state index contributed by atoms with van der Waals surface area (Å²) in [5.74, 6) is 0. The Labute approximate surface area is 114 Å². The van der Waals surface area contributed by atoms with E-state index in [-0.39, 0.29) is 18.2 Å². The standard InChI is InChI=1S/C12H13ClN4O2/c13-11-10(8-16-17(4-5-18)12(11)19)15-7-9-2-1-3-14-6-9/h1-3,6,8,15,18H,4-5,7H2. The van der Waals surface area contributed by atoms with Gasteiger partial charge in [-0.25, -0.2) is 4.68 Å². The van der Waals surface area contributed by atoms with Crippen LogP contribution in [0.15, 0.2) is 35.5 Å². The number of nitrogens with zero attached hydrogens (tertiary/aromatic N) is 3. The van der Waals surface area contributed by atoms with Gasteiger partial charge in [0.15, 0.2) is 0 Å². The predicted octanol–water partition coefficient (Wildman–Crippen LogP) is 0.896. The van der Waals surface area contributed by atoms with Crippen LogP contribution in [0.1, 0.15) is 5.56 Å². The van der Waals surface area contributed by atoms with Crippen LogP contribution in [0.2, 0.25) is 5.02 Å². The summed E-state index contributed by atoms with van der Waals surface area (Å²) in [5.41, 5.74) is 1.01. The van der Waals surface area contributed by atoms with E-state index in [2.05, 4.69) is 15.4 Å². The molecule has 0 aromatic carbocycles. The number of aliphatic hydroxyl groups is 1. The second-order valence-electron chi connectivity index (χ2n) is 3.84. The number of nitrogens with one attached hydrogen (secondary N) is 1. The van der Waals surface area contributed by atoms with Crippen molar-refractivity contribution in [3.8, 4) is 0 Å². The molecule has 0 bridgehead atoms. The van der Waals surface area contributed by atoms with Gasteiger partial charge < -0.3 is 10.4 Å². The van der Waals surface area contributed by atoms with E-state index in [0.29, 0.717) is 12.2 Å².